The Bertz CT molecular complexity index is 645. The summed E-state index contributed by atoms with van der Waals surface area (Å²) in [4.78, 5) is 7.20. The second-order valence-electron chi connectivity index (χ2n) is 6.11. The highest BCUT2D eigenvalue weighted by molar-refractivity contribution is 5.40. The average Bonchev–Trinajstić information content (AvgIpc) is 2.89. The van der Waals surface area contributed by atoms with Crippen LogP contribution in [0.4, 0.5) is 5.95 Å². The molecule has 0 aliphatic heterocycles. The average molecular weight is 323 g/mol. The molecule has 3 heteroatoms. The third kappa shape index (κ3) is 4.38. The molecular formula is C21H29N3. The molecule has 128 valence electrons. The fraction of sp³-hybridized carbons (Fsp3) is 0.381. The van der Waals surface area contributed by atoms with Crippen LogP contribution in [0.25, 0.3) is 0 Å². The maximum Gasteiger partial charge on any atom is 0.206 e. The lowest BCUT2D eigenvalue weighted by molar-refractivity contribution is 0.717. The molecule has 2 rings (SSSR count). The number of unbranched alkanes of at least 4 members (excludes halogenated alkanes) is 1. The zero-order valence-corrected chi connectivity index (χ0v) is 15.0. The van der Waals surface area contributed by atoms with Crippen LogP contribution < -0.4 is 4.90 Å². The van der Waals surface area contributed by atoms with Gasteiger partial charge in [-0.2, -0.15) is 0 Å². The Morgan fingerprint density at radius 3 is 2.38 bits per heavy atom. The van der Waals surface area contributed by atoms with Crippen molar-refractivity contribution in [3.63, 3.8) is 0 Å². The molecule has 0 spiro atoms. The van der Waals surface area contributed by atoms with E-state index in [1.54, 1.807) is 0 Å². The van der Waals surface area contributed by atoms with Crippen LogP contribution in [-0.2, 0) is 19.9 Å². The molecule has 0 aliphatic rings. The van der Waals surface area contributed by atoms with Crippen molar-refractivity contribution >= 4 is 5.95 Å². The molecule has 0 saturated heterocycles. The van der Waals surface area contributed by atoms with Gasteiger partial charge in [-0.25, -0.2) is 4.98 Å². The van der Waals surface area contributed by atoms with Gasteiger partial charge in [0.2, 0.25) is 5.95 Å². The number of aromatic nitrogens is 2. The molecule has 0 radical (unpaired) electrons. The fourth-order valence-corrected chi connectivity index (χ4v) is 2.99. The lowest BCUT2D eigenvalue weighted by atomic mass is 10.1. The highest BCUT2D eigenvalue weighted by Gasteiger charge is 2.18. The Balaban J connectivity index is 2.38. The highest BCUT2D eigenvalue weighted by atomic mass is 15.3. The first-order valence-corrected chi connectivity index (χ1v) is 8.76. The van der Waals surface area contributed by atoms with Gasteiger partial charge in [0.25, 0.3) is 0 Å². The van der Waals surface area contributed by atoms with Crippen molar-refractivity contribution in [2.75, 3.05) is 18.0 Å². The Hall–Kier alpha value is -2.29. The summed E-state index contributed by atoms with van der Waals surface area (Å²) in [6.07, 6.45) is 8.15. The van der Waals surface area contributed by atoms with E-state index in [4.69, 9.17) is 4.98 Å². The van der Waals surface area contributed by atoms with Crippen LogP contribution in [0.2, 0.25) is 0 Å². The van der Waals surface area contributed by atoms with E-state index in [-0.39, 0.29) is 0 Å². The summed E-state index contributed by atoms with van der Waals surface area (Å²) in [6.45, 7) is 11.5. The maximum absolute atomic E-state index is 4.99. The minimum absolute atomic E-state index is 0.773. The van der Waals surface area contributed by atoms with Crippen molar-refractivity contribution in [1.82, 2.24) is 9.55 Å². The molecule has 0 fully saturated rings. The van der Waals surface area contributed by atoms with Crippen molar-refractivity contribution in [3.8, 4) is 0 Å². The van der Waals surface area contributed by atoms with Crippen molar-refractivity contribution in [3.05, 3.63) is 72.6 Å². The lowest BCUT2D eigenvalue weighted by Crippen LogP contribution is -2.26. The molecule has 1 heterocycles. The van der Waals surface area contributed by atoms with Crippen molar-refractivity contribution < 1.29 is 0 Å². The largest absolute Gasteiger partial charge is 0.335 e. The molecule has 0 amide bonds. The first kappa shape index (κ1) is 18.1. The van der Waals surface area contributed by atoms with E-state index in [2.05, 4.69) is 66.9 Å². The van der Waals surface area contributed by atoms with E-state index in [1.807, 2.05) is 12.2 Å². The summed E-state index contributed by atoms with van der Waals surface area (Å²) in [5, 5.41) is 0. The van der Waals surface area contributed by atoms with Gasteiger partial charge in [-0.3, -0.25) is 0 Å². The second kappa shape index (κ2) is 9.11. The van der Waals surface area contributed by atoms with E-state index in [0.717, 1.165) is 31.9 Å². The Morgan fingerprint density at radius 2 is 1.79 bits per heavy atom. The third-order valence-corrected chi connectivity index (χ3v) is 4.24. The number of anilines is 1. The SMILES string of the molecule is C=CCN(CC=C)c1nc(Cc2ccccc2)c(CCCC)n1C. The van der Waals surface area contributed by atoms with E-state index >= 15 is 0 Å². The molecule has 0 saturated carbocycles. The highest BCUT2D eigenvalue weighted by Crippen LogP contribution is 2.23. The third-order valence-electron chi connectivity index (χ3n) is 4.24. The van der Waals surface area contributed by atoms with Crippen molar-refractivity contribution in [2.45, 2.75) is 32.6 Å². The quantitative estimate of drug-likeness (QED) is 0.599. The van der Waals surface area contributed by atoms with Gasteiger partial charge >= 0.3 is 0 Å². The van der Waals surface area contributed by atoms with Gasteiger partial charge in [0.15, 0.2) is 0 Å². The summed E-state index contributed by atoms with van der Waals surface area (Å²) in [5.74, 6) is 1.01. The summed E-state index contributed by atoms with van der Waals surface area (Å²) in [5.41, 5.74) is 3.83. The number of hydrogen-bond acceptors (Lipinski definition) is 2. The number of imidazole rings is 1. The van der Waals surface area contributed by atoms with Crippen LogP contribution in [-0.4, -0.2) is 22.6 Å². The molecule has 3 nitrogen and oxygen atoms in total. The summed E-state index contributed by atoms with van der Waals surface area (Å²) in [7, 11) is 2.13. The Labute approximate surface area is 146 Å². The van der Waals surface area contributed by atoms with Crippen molar-refractivity contribution in [2.24, 2.45) is 7.05 Å². The molecule has 1 aromatic heterocycles. The molecule has 0 unspecified atom stereocenters. The fourth-order valence-electron chi connectivity index (χ4n) is 2.99. The molecule has 0 N–H and O–H groups in total. The molecule has 1 aromatic carbocycles. The van der Waals surface area contributed by atoms with Crippen LogP contribution in [0.1, 0.15) is 36.7 Å². The normalized spacial score (nSPS) is 10.6. The van der Waals surface area contributed by atoms with Gasteiger partial charge < -0.3 is 9.47 Å². The van der Waals surface area contributed by atoms with Crippen LogP contribution in [0, 0.1) is 0 Å². The Morgan fingerprint density at radius 1 is 1.12 bits per heavy atom. The van der Waals surface area contributed by atoms with Crippen LogP contribution in [0.15, 0.2) is 55.6 Å². The molecule has 2 aromatic rings. The van der Waals surface area contributed by atoms with Gasteiger partial charge in [0.05, 0.1) is 5.69 Å². The second-order valence-corrected chi connectivity index (χ2v) is 6.11. The molecular weight excluding hydrogens is 294 g/mol. The van der Waals surface area contributed by atoms with Gasteiger partial charge in [-0.05, 0) is 18.4 Å². The van der Waals surface area contributed by atoms with Crippen molar-refractivity contribution in [1.29, 1.82) is 0 Å². The van der Waals surface area contributed by atoms with E-state index in [0.29, 0.717) is 0 Å². The van der Waals surface area contributed by atoms with E-state index < -0.39 is 0 Å². The van der Waals surface area contributed by atoms with E-state index in [1.165, 1.54) is 29.8 Å². The minimum Gasteiger partial charge on any atom is -0.335 e. The summed E-state index contributed by atoms with van der Waals surface area (Å²) in [6, 6.07) is 10.6. The van der Waals surface area contributed by atoms with Crippen LogP contribution in [0.5, 0.6) is 0 Å². The first-order valence-electron chi connectivity index (χ1n) is 8.76. The van der Waals surface area contributed by atoms with E-state index in [9.17, 15) is 0 Å². The molecule has 0 aliphatic carbocycles. The monoisotopic (exact) mass is 323 g/mol. The maximum atomic E-state index is 4.99. The minimum atomic E-state index is 0.773. The predicted octanol–water partition coefficient (Wildman–Crippen LogP) is 4.53. The number of nitrogens with zero attached hydrogens (tertiary/aromatic N) is 3. The summed E-state index contributed by atoms with van der Waals surface area (Å²) >= 11 is 0. The number of hydrogen-bond donors (Lipinski definition) is 0. The molecule has 0 atom stereocenters. The topological polar surface area (TPSA) is 21.1 Å². The molecule has 0 bridgehead atoms. The zero-order valence-electron chi connectivity index (χ0n) is 15.0. The van der Waals surface area contributed by atoms with Crippen LogP contribution in [0.3, 0.4) is 0 Å². The van der Waals surface area contributed by atoms with Crippen LogP contribution >= 0.6 is 0 Å². The van der Waals surface area contributed by atoms with Gasteiger partial charge in [0, 0.05) is 32.3 Å². The predicted molar refractivity (Wildman–Crippen MR) is 104 cm³/mol. The smallest absolute Gasteiger partial charge is 0.206 e. The van der Waals surface area contributed by atoms with Gasteiger partial charge in [0.1, 0.15) is 0 Å². The zero-order chi connectivity index (χ0) is 17.4. The summed E-state index contributed by atoms with van der Waals surface area (Å²) < 4.78 is 2.25. The van der Waals surface area contributed by atoms with Gasteiger partial charge in [-0.15, -0.1) is 13.2 Å². The number of benzene rings is 1. The number of rotatable bonds is 10. The lowest BCUT2D eigenvalue weighted by Gasteiger charge is -2.20. The van der Waals surface area contributed by atoms with Gasteiger partial charge in [-0.1, -0.05) is 55.8 Å². The first-order chi connectivity index (χ1) is 11.7. The standard InChI is InChI=1S/C21H29N3/c1-5-8-14-20-19(17-18-12-10-9-11-13-18)22-21(23(20)4)24(15-6-2)16-7-3/h6-7,9-13H,2-3,5,8,14-17H2,1,4H3. The Kier molecular flexibility index (Phi) is 6.86. The molecule has 24 heavy (non-hydrogen) atoms.